The molecule has 44 heavy (non-hydrogen) atoms. The number of fused-ring (bicyclic) bond motifs is 2. The summed E-state index contributed by atoms with van der Waals surface area (Å²) in [6, 6.07) is 13.6. The number of unbranched alkanes of at least 4 members (excludes halogenated alkanes) is 1. The summed E-state index contributed by atoms with van der Waals surface area (Å²) in [5.41, 5.74) is 12.3. The first kappa shape index (κ1) is 40.6. The van der Waals surface area contributed by atoms with Gasteiger partial charge in [0.25, 0.3) is 0 Å². The van der Waals surface area contributed by atoms with Crippen LogP contribution in [0.3, 0.4) is 0 Å². The maximum atomic E-state index is 6.42. The molecule has 1 fully saturated rings. The van der Waals surface area contributed by atoms with Crippen LogP contribution in [0.4, 0.5) is 5.95 Å². The Morgan fingerprint density at radius 2 is 1.55 bits per heavy atom. The van der Waals surface area contributed by atoms with Gasteiger partial charge >= 0.3 is 0 Å². The Bertz CT molecular complexity index is 1370. The Kier molecular flexibility index (Phi) is 21.3. The van der Waals surface area contributed by atoms with E-state index in [1.165, 1.54) is 51.1 Å². The maximum absolute atomic E-state index is 6.42. The van der Waals surface area contributed by atoms with E-state index in [4.69, 9.17) is 22.3 Å². The molecule has 0 aliphatic carbocycles. The SMILES string of the molecule is C=C(CCCC)N1CCN(C)CC1.C=Cc1ccc2c(Cl)cc(-c3ccc4nc(N)[nH]c4c3)nc2c1.CC.CC.CC.CC. The molecule has 6 nitrogen and oxygen atoms in total. The zero-order valence-electron chi connectivity index (χ0n) is 29.2. The lowest BCUT2D eigenvalue weighted by Gasteiger charge is -2.35. The summed E-state index contributed by atoms with van der Waals surface area (Å²) in [7, 11) is 2.19. The molecule has 4 aromatic rings. The molecule has 0 saturated carbocycles. The molecule has 1 aliphatic rings. The summed E-state index contributed by atoms with van der Waals surface area (Å²) in [5.74, 6) is 0.400. The third kappa shape index (κ3) is 12.3. The van der Waals surface area contributed by atoms with E-state index in [0.717, 1.165) is 38.8 Å². The number of aromatic nitrogens is 3. The highest BCUT2D eigenvalue weighted by Crippen LogP contribution is 2.30. The van der Waals surface area contributed by atoms with Crippen molar-refractivity contribution in [3.8, 4) is 11.3 Å². The van der Waals surface area contributed by atoms with Gasteiger partial charge in [-0.25, -0.2) is 9.97 Å². The first-order valence-electron chi connectivity index (χ1n) is 16.5. The Hall–Kier alpha value is -3.35. The predicted molar refractivity (Wildman–Crippen MR) is 199 cm³/mol. The molecule has 0 amide bonds. The normalized spacial score (nSPS) is 12.0. The van der Waals surface area contributed by atoms with Crippen LogP contribution in [0.25, 0.3) is 39.3 Å². The molecule has 0 spiro atoms. The van der Waals surface area contributed by atoms with Crippen LogP contribution < -0.4 is 5.73 Å². The minimum atomic E-state index is 0.400. The Labute approximate surface area is 273 Å². The fourth-order valence-electron chi connectivity index (χ4n) is 4.33. The summed E-state index contributed by atoms with van der Waals surface area (Å²) in [4.78, 5) is 16.8. The van der Waals surface area contributed by atoms with Crippen LogP contribution in [0.15, 0.2) is 61.3 Å². The first-order valence-corrected chi connectivity index (χ1v) is 16.9. The monoisotopic (exact) mass is 622 g/mol. The second-order valence-electron chi connectivity index (χ2n) is 9.28. The number of halogens is 1. The molecule has 244 valence electrons. The molecule has 0 atom stereocenters. The molecule has 0 radical (unpaired) electrons. The Morgan fingerprint density at radius 3 is 2.14 bits per heavy atom. The number of nitrogen functional groups attached to an aromatic ring is 1. The molecule has 2 aromatic carbocycles. The van der Waals surface area contributed by atoms with Gasteiger partial charge in [0.15, 0.2) is 5.95 Å². The van der Waals surface area contributed by atoms with Gasteiger partial charge < -0.3 is 20.5 Å². The average Bonchev–Trinajstić information content (AvgIpc) is 3.47. The van der Waals surface area contributed by atoms with Crippen molar-refractivity contribution in [2.45, 2.75) is 81.6 Å². The van der Waals surface area contributed by atoms with E-state index < -0.39 is 0 Å². The topological polar surface area (TPSA) is 74.1 Å². The van der Waals surface area contributed by atoms with Gasteiger partial charge in [-0.3, -0.25) is 0 Å². The quantitative estimate of drug-likeness (QED) is 0.224. The third-order valence-corrected chi connectivity index (χ3v) is 6.90. The lowest BCUT2D eigenvalue weighted by atomic mass is 10.1. The van der Waals surface area contributed by atoms with Crippen LogP contribution in [0.5, 0.6) is 0 Å². The number of pyridine rings is 1. The molecule has 0 unspecified atom stereocenters. The van der Waals surface area contributed by atoms with Gasteiger partial charge in [0.2, 0.25) is 0 Å². The van der Waals surface area contributed by atoms with Crippen LogP contribution in [-0.4, -0.2) is 58.0 Å². The number of nitrogens with two attached hydrogens (primary N) is 1. The van der Waals surface area contributed by atoms with E-state index in [-0.39, 0.29) is 0 Å². The molecular weight excluding hydrogens is 564 g/mol. The molecule has 1 aliphatic heterocycles. The number of hydrogen-bond donors (Lipinski definition) is 2. The Morgan fingerprint density at radius 1 is 0.909 bits per heavy atom. The minimum Gasteiger partial charge on any atom is -0.373 e. The molecular formula is C37H59ClN6. The number of nitrogens with zero attached hydrogens (tertiary/aromatic N) is 4. The van der Waals surface area contributed by atoms with Crippen molar-refractivity contribution in [2.75, 3.05) is 39.0 Å². The summed E-state index contributed by atoms with van der Waals surface area (Å²) >= 11 is 6.42. The van der Waals surface area contributed by atoms with Gasteiger partial charge in [0, 0.05) is 42.8 Å². The standard InChI is InChI=1S/C18H13ClN4.C11H22N2.4C2H6/c1-2-10-3-5-12-13(19)9-15(21-16(12)7-10)11-4-6-14-17(8-11)23-18(20)22-14;1-4-5-6-11(2)13-9-7-12(3)8-10-13;4*1-2/h2-9H,1H2,(H3,20,22,23);2,4-10H2,1,3H3;4*1-2H3. The predicted octanol–water partition coefficient (Wildman–Crippen LogP) is 10.7. The number of rotatable bonds is 6. The highest BCUT2D eigenvalue weighted by atomic mass is 35.5. The number of benzene rings is 2. The zero-order valence-corrected chi connectivity index (χ0v) is 30.0. The van der Waals surface area contributed by atoms with Crippen LogP contribution in [0.2, 0.25) is 5.02 Å². The van der Waals surface area contributed by atoms with Gasteiger partial charge in [-0.2, -0.15) is 0 Å². The molecule has 2 aromatic heterocycles. The number of allylic oxidation sites excluding steroid dienone is 1. The van der Waals surface area contributed by atoms with Crippen molar-refractivity contribution in [1.29, 1.82) is 0 Å². The number of hydrogen-bond acceptors (Lipinski definition) is 5. The lowest BCUT2D eigenvalue weighted by molar-refractivity contribution is 0.182. The van der Waals surface area contributed by atoms with Gasteiger partial charge in [-0.15, -0.1) is 0 Å². The largest absolute Gasteiger partial charge is 0.373 e. The molecule has 3 heterocycles. The summed E-state index contributed by atoms with van der Waals surface area (Å²) in [5, 5.41) is 1.60. The fourth-order valence-corrected chi connectivity index (χ4v) is 4.59. The van der Waals surface area contributed by atoms with Crippen LogP contribution in [0.1, 0.15) is 87.1 Å². The smallest absolute Gasteiger partial charge is 0.198 e. The molecule has 0 bridgehead atoms. The van der Waals surface area contributed by atoms with E-state index in [0.29, 0.717) is 11.0 Å². The van der Waals surface area contributed by atoms with Gasteiger partial charge in [-0.1, -0.05) is 118 Å². The van der Waals surface area contributed by atoms with Gasteiger partial charge in [0.05, 0.1) is 27.3 Å². The van der Waals surface area contributed by atoms with Gasteiger partial charge in [-0.05, 0) is 49.7 Å². The summed E-state index contributed by atoms with van der Waals surface area (Å²) in [6.07, 6.45) is 5.53. The number of anilines is 1. The number of nitrogens with one attached hydrogen (secondary N) is 1. The second-order valence-corrected chi connectivity index (χ2v) is 9.69. The first-order chi connectivity index (χ1) is 21.4. The average molecular weight is 623 g/mol. The number of imidazole rings is 1. The van der Waals surface area contributed by atoms with E-state index in [2.05, 4.69) is 46.9 Å². The Balaban J connectivity index is 0.000000754. The highest BCUT2D eigenvalue weighted by molar-refractivity contribution is 6.35. The number of aromatic amines is 1. The number of likely N-dealkylation sites (N-methyl/N-ethyl adjacent to an activating group) is 1. The van der Waals surface area contributed by atoms with Crippen molar-refractivity contribution in [2.24, 2.45) is 0 Å². The number of piperazine rings is 1. The molecule has 3 N–H and O–H groups in total. The van der Waals surface area contributed by atoms with E-state index in [1.54, 1.807) is 6.08 Å². The van der Waals surface area contributed by atoms with Crippen molar-refractivity contribution < 1.29 is 0 Å². The minimum absolute atomic E-state index is 0.400. The molecule has 7 heteroatoms. The third-order valence-electron chi connectivity index (χ3n) is 6.58. The van der Waals surface area contributed by atoms with Crippen LogP contribution in [0, 0.1) is 0 Å². The molecule has 1 saturated heterocycles. The van der Waals surface area contributed by atoms with Crippen molar-refractivity contribution in [3.63, 3.8) is 0 Å². The summed E-state index contributed by atoms with van der Waals surface area (Å²) in [6.45, 7) is 30.9. The highest BCUT2D eigenvalue weighted by Gasteiger charge is 2.14. The maximum Gasteiger partial charge on any atom is 0.198 e. The number of H-pyrrole nitrogens is 1. The van der Waals surface area contributed by atoms with E-state index >= 15 is 0 Å². The van der Waals surface area contributed by atoms with Crippen molar-refractivity contribution in [1.82, 2.24) is 24.8 Å². The van der Waals surface area contributed by atoms with Crippen LogP contribution in [-0.2, 0) is 0 Å². The van der Waals surface area contributed by atoms with E-state index in [9.17, 15) is 0 Å². The van der Waals surface area contributed by atoms with Crippen molar-refractivity contribution in [3.05, 3.63) is 71.9 Å². The lowest BCUT2D eigenvalue weighted by Crippen LogP contribution is -2.43. The summed E-state index contributed by atoms with van der Waals surface area (Å²) < 4.78 is 0. The van der Waals surface area contributed by atoms with Crippen LogP contribution >= 0.6 is 11.6 Å². The van der Waals surface area contributed by atoms with Crippen molar-refractivity contribution >= 4 is 45.6 Å². The van der Waals surface area contributed by atoms with Gasteiger partial charge in [0.1, 0.15) is 0 Å². The fraction of sp³-hybridized carbons (Fsp3) is 0.459. The molecule has 5 rings (SSSR count). The zero-order chi connectivity index (χ0) is 33.7. The van der Waals surface area contributed by atoms with E-state index in [1.807, 2.05) is 97.9 Å². The second kappa shape index (κ2) is 23.1.